The highest BCUT2D eigenvalue weighted by Crippen LogP contribution is 2.30. The summed E-state index contributed by atoms with van der Waals surface area (Å²) in [5, 5.41) is 5.98. The highest BCUT2D eigenvalue weighted by atomic mass is 16.5. The van der Waals surface area contributed by atoms with E-state index in [2.05, 4.69) is 39.8 Å². The summed E-state index contributed by atoms with van der Waals surface area (Å²) in [4.78, 5) is 28.2. The molecule has 2 amide bonds. The lowest BCUT2D eigenvalue weighted by molar-refractivity contribution is 0.0858. The van der Waals surface area contributed by atoms with Crippen molar-refractivity contribution in [1.29, 1.82) is 0 Å². The van der Waals surface area contributed by atoms with Gasteiger partial charge in [0.2, 0.25) is 0 Å². The van der Waals surface area contributed by atoms with Gasteiger partial charge >= 0.3 is 0 Å². The molecule has 174 valence electrons. The minimum atomic E-state index is -0.203. The molecule has 3 aromatic carbocycles. The van der Waals surface area contributed by atoms with Crippen molar-refractivity contribution in [2.24, 2.45) is 0 Å². The molecule has 0 spiro atoms. The van der Waals surface area contributed by atoms with E-state index in [0.717, 1.165) is 44.6 Å². The molecular formula is C28H29N3O3. The molecule has 0 saturated carbocycles. The van der Waals surface area contributed by atoms with Gasteiger partial charge in [-0.15, -0.1) is 0 Å². The van der Waals surface area contributed by atoms with Crippen LogP contribution in [0.3, 0.4) is 0 Å². The maximum absolute atomic E-state index is 13.3. The van der Waals surface area contributed by atoms with Crippen LogP contribution in [0.25, 0.3) is 0 Å². The second kappa shape index (κ2) is 10.1. The van der Waals surface area contributed by atoms with Gasteiger partial charge in [-0.25, -0.2) is 0 Å². The number of hydrogen-bond acceptors (Lipinski definition) is 4. The van der Waals surface area contributed by atoms with E-state index in [0.29, 0.717) is 23.4 Å². The number of nitrogens with zero attached hydrogens (tertiary/aromatic N) is 1. The summed E-state index contributed by atoms with van der Waals surface area (Å²) in [6.07, 6.45) is 2.98. The number of hydrogen-bond donors (Lipinski definition) is 2. The van der Waals surface area contributed by atoms with E-state index in [-0.39, 0.29) is 17.9 Å². The number of anilines is 2. The summed E-state index contributed by atoms with van der Waals surface area (Å²) in [6.45, 7) is 2.82. The minimum Gasteiger partial charge on any atom is -0.376 e. The Morgan fingerprint density at radius 1 is 0.941 bits per heavy atom. The van der Waals surface area contributed by atoms with E-state index in [1.165, 1.54) is 11.1 Å². The number of rotatable bonds is 6. The van der Waals surface area contributed by atoms with Crippen molar-refractivity contribution in [1.82, 2.24) is 5.32 Å². The third-order valence-corrected chi connectivity index (χ3v) is 6.52. The third kappa shape index (κ3) is 4.97. The Labute approximate surface area is 199 Å². The molecule has 6 nitrogen and oxygen atoms in total. The Hall–Kier alpha value is -3.64. The Balaban J connectivity index is 1.40. The summed E-state index contributed by atoms with van der Waals surface area (Å²) in [6, 6.07) is 23.1. The zero-order chi connectivity index (χ0) is 23.3. The lowest BCUT2D eigenvalue weighted by Gasteiger charge is -2.32. The predicted octanol–water partition coefficient (Wildman–Crippen LogP) is 4.41. The van der Waals surface area contributed by atoms with Crippen molar-refractivity contribution in [2.75, 3.05) is 29.9 Å². The van der Waals surface area contributed by atoms with Gasteiger partial charge in [0.1, 0.15) is 0 Å². The molecule has 2 N–H and O–H groups in total. The van der Waals surface area contributed by atoms with Crippen LogP contribution in [-0.2, 0) is 17.7 Å². The number of fused-ring (bicyclic) bond motifs is 1. The summed E-state index contributed by atoms with van der Waals surface area (Å²) in [5.74, 6) is -0.355. The van der Waals surface area contributed by atoms with Crippen LogP contribution in [0.1, 0.15) is 44.7 Å². The number of nitrogens with one attached hydrogen (secondary N) is 2. The first-order valence-electron chi connectivity index (χ1n) is 11.9. The number of ether oxygens (including phenoxy) is 1. The molecule has 2 heterocycles. The standard InChI is InChI=1S/C28H29N3O3/c32-27(21-8-2-1-3-9-21)30-23-12-13-26(31-15-14-20-7-4-5-10-22(20)19-31)25(17-23)28(33)29-18-24-11-6-16-34-24/h1-5,7-10,12-13,17,24H,6,11,14-16,18-19H2,(H,29,33)(H,30,32). The normalized spacial score (nSPS) is 17.2. The van der Waals surface area contributed by atoms with Crippen LogP contribution in [0.4, 0.5) is 11.4 Å². The molecule has 1 atom stereocenters. The van der Waals surface area contributed by atoms with Crippen LogP contribution >= 0.6 is 0 Å². The van der Waals surface area contributed by atoms with Gasteiger partial charge in [-0.05, 0) is 60.7 Å². The van der Waals surface area contributed by atoms with Crippen LogP contribution in [0.2, 0.25) is 0 Å². The molecule has 0 radical (unpaired) electrons. The lowest BCUT2D eigenvalue weighted by atomic mass is 9.98. The van der Waals surface area contributed by atoms with Crippen LogP contribution in [0.5, 0.6) is 0 Å². The molecule has 2 aliphatic heterocycles. The zero-order valence-corrected chi connectivity index (χ0v) is 19.1. The Morgan fingerprint density at radius 3 is 2.53 bits per heavy atom. The minimum absolute atomic E-state index is 0.0650. The lowest BCUT2D eigenvalue weighted by Crippen LogP contribution is -2.35. The maximum Gasteiger partial charge on any atom is 0.255 e. The van der Waals surface area contributed by atoms with Gasteiger partial charge in [-0.3, -0.25) is 9.59 Å². The van der Waals surface area contributed by atoms with Crippen LogP contribution in [-0.4, -0.2) is 37.6 Å². The van der Waals surface area contributed by atoms with Crippen molar-refractivity contribution in [3.8, 4) is 0 Å². The van der Waals surface area contributed by atoms with Gasteiger partial charge < -0.3 is 20.3 Å². The van der Waals surface area contributed by atoms with Gasteiger partial charge in [0.05, 0.1) is 11.7 Å². The summed E-state index contributed by atoms with van der Waals surface area (Å²) >= 11 is 0. The molecule has 0 bridgehead atoms. The molecule has 0 aliphatic carbocycles. The van der Waals surface area contributed by atoms with E-state index in [4.69, 9.17) is 4.74 Å². The van der Waals surface area contributed by atoms with Gasteiger partial charge in [0, 0.05) is 43.2 Å². The van der Waals surface area contributed by atoms with Gasteiger partial charge in [0.25, 0.3) is 11.8 Å². The predicted molar refractivity (Wildman–Crippen MR) is 133 cm³/mol. The van der Waals surface area contributed by atoms with Gasteiger partial charge in [-0.2, -0.15) is 0 Å². The average molecular weight is 456 g/mol. The molecule has 2 aliphatic rings. The Kier molecular flexibility index (Phi) is 6.58. The first-order valence-corrected chi connectivity index (χ1v) is 11.9. The number of carbonyl (C=O) groups excluding carboxylic acids is 2. The van der Waals surface area contributed by atoms with E-state index >= 15 is 0 Å². The van der Waals surface area contributed by atoms with Crippen molar-refractivity contribution in [3.63, 3.8) is 0 Å². The fourth-order valence-electron chi connectivity index (χ4n) is 4.67. The molecule has 0 aromatic heterocycles. The molecule has 1 unspecified atom stereocenters. The molecule has 1 saturated heterocycles. The number of carbonyl (C=O) groups is 2. The van der Waals surface area contributed by atoms with Crippen molar-refractivity contribution in [2.45, 2.75) is 31.9 Å². The van der Waals surface area contributed by atoms with Crippen molar-refractivity contribution < 1.29 is 14.3 Å². The fourth-order valence-corrected chi connectivity index (χ4v) is 4.67. The Morgan fingerprint density at radius 2 is 1.74 bits per heavy atom. The Bertz CT molecular complexity index is 1170. The second-order valence-electron chi connectivity index (χ2n) is 8.84. The second-order valence-corrected chi connectivity index (χ2v) is 8.84. The molecule has 34 heavy (non-hydrogen) atoms. The highest BCUT2D eigenvalue weighted by Gasteiger charge is 2.23. The molecular weight excluding hydrogens is 426 g/mol. The van der Waals surface area contributed by atoms with E-state index in [1.54, 1.807) is 18.2 Å². The average Bonchev–Trinajstić information content (AvgIpc) is 3.41. The summed E-state index contributed by atoms with van der Waals surface area (Å²) in [7, 11) is 0. The van der Waals surface area contributed by atoms with Crippen molar-refractivity contribution in [3.05, 3.63) is 95.1 Å². The maximum atomic E-state index is 13.3. The highest BCUT2D eigenvalue weighted by molar-refractivity contribution is 6.06. The molecule has 5 rings (SSSR count). The third-order valence-electron chi connectivity index (χ3n) is 6.52. The smallest absolute Gasteiger partial charge is 0.255 e. The first kappa shape index (κ1) is 22.2. The molecule has 1 fully saturated rings. The van der Waals surface area contributed by atoms with Gasteiger partial charge in [-0.1, -0.05) is 42.5 Å². The van der Waals surface area contributed by atoms with Crippen molar-refractivity contribution >= 4 is 23.2 Å². The number of amides is 2. The number of benzene rings is 3. The summed E-state index contributed by atoms with van der Waals surface area (Å²) < 4.78 is 5.67. The monoisotopic (exact) mass is 455 g/mol. The fraction of sp³-hybridized carbons (Fsp3) is 0.286. The van der Waals surface area contributed by atoms with E-state index < -0.39 is 0 Å². The zero-order valence-electron chi connectivity index (χ0n) is 19.1. The molecule has 6 heteroatoms. The topological polar surface area (TPSA) is 70.7 Å². The van der Waals surface area contributed by atoms with Crippen LogP contribution < -0.4 is 15.5 Å². The largest absolute Gasteiger partial charge is 0.376 e. The SMILES string of the molecule is O=C(Nc1ccc(N2CCc3ccccc3C2)c(C(=O)NCC2CCCO2)c1)c1ccccc1. The van der Waals surface area contributed by atoms with Crippen LogP contribution in [0.15, 0.2) is 72.8 Å². The summed E-state index contributed by atoms with van der Waals surface area (Å²) in [5.41, 5.74) is 5.23. The van der Waals surface area contributed by atoms with E-state index in [9.17, 15) is 9.59 Å². The van der Waals surface area contributed by atoms with Gasteiger partial charge in [0.15, 0.2) is 0 Å². The van der Waals surface area contributed by atoms with E-state index in [1.807, 2.05) is 30.3 Å². The quantitative estimate of drug-likeness (QED) is 0.578. The molecule has 3 aromatic rings. The first-order chi connectivity index (χ1) is 16.7. The van der Waals surface area contributed by atoms with Crippen LogP contribution in [0, 0.1) is 0 Å².